The first kappa shape index (κ1) is 11.5. The minimum absolute atomic E-state index is 0.301. The first-order valence-corrected chi connectivity index (χ1v) is 4.75. The smallest absolute Gasteiger partial charge is 0.278 e. The lowest BCUT2D eigenvalue weighted by molar-refractivity contribution is 0.0534. The molecule has 0 aliphatic rings. The molecule has 0 bridgehead atoms. The summed E-state index contributed by atoms with van der Waals surface area (Å²) in [6, 6.07) is 5.44. The molecule has 0 radical (unpaired) electrons. The van der Waals surface area contributed by atoms with Gasteiger partial charge in [-0.1, -0.05) is 11.6 Å². The normalized spacial score (nSPS) is 9.80. The van der Waals surface area contributed by atoms with Crippen molar-refractivity contribution in [3.05, 3.63) is 29.3 Å². The van der Waals surface area contributed by atoms with Crippen LogP contribution in [0.25, 0.3) is 0 Å². The van der Waals surface area contributed by atoms with E-state index in [4.69, 9.17) is 4.74 Å². The van der Waals surface area contributed by atoms with Gasteiger partial charge in [-0.15, -0.1) is 0 Å². The quantitative estimate of drug-likeness (QED) is 0.767. The Morgan fingerprint density at radius 2 is 2.20 bits per heavy atom. The number of ether oxygens (including phenoxy) is 1. The largest absolute Gasteiger partial charge is 0.493 e. The minimum Gasteiger partial charge on any atom is -0.493 e. The highest BCUT2D eigenvalue weighted by Crippen LogP contribution is 2.19. The molecule has 1 aromatic rings. The van der Waals surface area contributed by atoms with Gasteiger partial charge in [0.2, 0.25) is 0 Å². The molecule has 1 N–H and O–H groups in total. The molecule has 0 saturated heterocycles. The molecule has 1 rings (SSSR count). The van der Waals surface area contributed by atoms with E-state index in [2.05, 4.69) is 10.3 Å². The molecule has 1 aromatic carbocycles. The second-order valence-corrected chi connectivity index (χ2v) is 3.07. The van der Waals surface area contributed by atoms with Gasteiger partial charge in [0.15, 0.2) is 0 Å². The molecule has 1 amide bonds. The van der Waals surface area contributed by atoms with Gasteiger partial charge in [-0.05, 0) is 26.0 Å². The predicted octanol–water partition coefficient (Wildman–Crippen LogP) is 1.68. The van der Waals surface area contributed by atoms with Crippen molar-refractivity contribution in [2.75, 3.05) is 13.7 Å². The van der Waals surface area contributed by atoms with Crippen molar-refractivity contribution in [3.8, 4) is 5.75 Å². The van der Waals surface area contributed by atoms with E-state index in [0.29, 0.717) is 17.9 Å². The zero-order valence-electron chi connectivity index (χ0n) is 9.16. The van der Waals surface area contributed by atoms with Crippen molar-refractivity contribution >= 4 is 5.91 Å². The molecule has 0 heterocycles. The Bertz CT molecular complexity index is 350. The van der Waals surface area contributed by atoms with Crippen molar-refractivity contribution in [1.29, 1.82) is 0 Å². The zero-order chi connectivity index (χ0) is 11.3. The summed E-state index contributed by atoms with van der Waals surface area (Å²) in [7, 11) is 1.40. The third-order valence-electron chi connectivity index (χ3n) is 1.87. The van der Waals surface area contributed by atoms with Gasteiger partial charge in [0.05, 0.1) is 19.3 Å². The molecular formula is C11H15NO3. The Balaban J connectivity index is 3.00. The van der Waals surface area contributed by atoms with E-state index < -0.39 is 0 Å². The van der Waals surface area contributed by atoms with Gasteiger partial charge in [0.25, 0.3) is 5.91 Å². The van der Waals surface area contributed by atoms with Gasteiger partial charge >= 0.3 is 0 Å². The summed E-state index contributed by atoms with van der Waals surface area (Å²) in [4.78, 5) is 16.2. The van der Waals surface area contributed by atoms with Gasteiger partial charge in [0.1, 0.15) is 5.75 Å². The second-order valence-electron chi connectivity index (χ2n) is 3.07. The monoisotopic (exact) mass is 209 g/mol. The average Bonchev–Trinajstić information content (AvgIpc) is 2.21. The Kier molecular flexibility index (Phi) is 4.12. The maximum Gasteiger partial charge on any atom is 0.278 e. The van der Waals surface area contributed by atoms with E-state index in [0.717, 1.165) is 5.56 Å². The number of hydrogen-bond donors (Lipinski definition) is 1. The number of rotatable bonds is 4. The lowest BCUT2D eigenvalue weighted by Gasteiger charge is -2.10. The molecule has 0 saturated carbocycles. The summed E-state index contributed by atoms with van der Waals surface area (Å²) in [5.41, 5.74) is 3.75. The highest BCUT2D eigenvalue weighted by molar-refractivity contribution is 5.96. The number of carbonyl (C=O) groups excluding carboxylic acids is 1. The van der Waals surface area contributed by atoms with Crippen LogP contribution in [0.1, 0.15) is 22.8 Å². The van der Waals surface area contributed by atoms with Crippen LogP contribution in [0.2, 0.25) is 0 Å². The molecule has 82 valence electrons. The molecule has 0 atom stereocenters. The number of carbonyl (C=O) groups is 1. The Labute approximate surface area is 89.1 Å². The van der Waals surface area contributed by atoms with Gasteiger partial charge in [-0.25, -0.2) is 5.48 Å². The Morgan fingerprint density at radius 3 is 2.80 bits per heavy atom. The van der Waals surface area contributed by atoms with Crippen LogP contribution in [0.15, 0.2) is 18.2 Å². The SMILES string of the molecule is CCOc1ccc(C)cc1C(=O)NOC. The average molecular weight is 209 g/mol. The second kappa shape index (κ2) is 5.36. The van der Waals surface area contributed by atoms with Crippen LogP contribution >= 0.6 is 0 Å². The summed E-state index contributed by atoms with van der Waals surface area (Å²) >= 11 is 0. The minimum atomic E-state index is -0.301. The Morgan fingerprint density at radius 1 is 1.47 bits per heavy atom. The lowest BCUT2D eigenvalue weighted by atomic mass is 10.1. The van der Waals surface area contributed by atoms with Gasteiger partial charge in [0, 0.05) is 0 Å². The highest BCUT2D eigenvalue weighted by Gasteiger charge is 2.12. The standard InChI is InChI=1S/C11H15NO3/c1-4-15-10-6-5-8(2)7-9(10)11(13)12-14-3/h5-7H,4H2,1-3H3,(H,12,13). The van der Waals surface area contributed by atoms with Crippen LogP contribution < -0.4 is 10.2 Å². The van der Waals surface area contributed by atoms with Crippen molar-refractivity contribution in [3.63, 3.8) is 0 Å². The zero-order valence-corrected chi connectivity index (χ0v) is 9.16. The molecule has 4 heteroatoms. The molecule has 0 spiro atoms. The summed E-state index contributed by atoms with van der Waals surface area (Å²) in [6.07, 6.45) is 0. The molecule has 0 aliphatic heterocycles. The fourth-order valence-corrected chi connectivity index (χ4v) is 1.25. The third kappa shape index (κ3) is 2.95. The van der Waals surface area contributed by atoms with E-state index >= 15 is 0 Å². The number of aryl methyl sites for hydroxylation is 1. The maximum atomic E-state index is 11.6. The first-order chi connectivity index (χ1) is 7.19. The maximum absolute atomic E-state index is 11.6. The Hall–Kier alpha value is -1.55. The molecule has 0 aliphatic carbocycles. The number of hydroxylamine groups is 1. The third-order valence-corrected chi connectivity index (χ3v) is 1.87. The van der Waals surface area contributed by atoms with Crippen LogP contribution in [0.4, 0.5) is 0 Å². The summed E-state index contributed by atoms with van der Waals surface area (Å²) in [5.74, 6) is 0.266. The molecular weight excluding hydrogens is 194 g/mol. The lowest BCUT2D eigenvalue weighted by Crippen LogP contribution is -2.22. The highest BCUT2D eigenvalue weighted by atomic mass is 16.6. The van der Waals surface area contributed by atoms with E-state index in [-0.39, 0.29) is 5.91 Å². The number of amides is 1. The first-order valence-electron chi connectivity index (χ1n) is 4.75. The topological polar surface area (TPSA) is 47.6 Å². The van der Waals surface area contributed by atoms with Crippen LogP contribution in [-0.2, 0) is 4.84 Å². The van der Waals surface area contributed by atoms with E-state index in [1.54, 1.807) is 12.1 Å². The fourth-order valence-electron chi connectivity index (χ4n) is 1.25. The molecule has 4 nitrogen and oxygen atoms in total. The van der Waals surface area contributed by atoms with E-state index in [9.17, 15) is 4.79 Å². The van der Waals surface area contributed by atoms with Crippen LogP contribution in [-0.4, -0.2) is 19.6 Å². The summed E-state index contributed by atoms with van der Waals surface area (Å²) in [6.45, 7) is 4.31. The van der Waals surface area contributed by atoms with Crippen LogP contribution in [0.3, 0.4) is 0 Å². The molecule has 0 unspecified atom stereocenters. The summed E-state index contributed by atoms with van der Waals surface area (Å²) < 4.78 is 5.34. The summed E-state index contributed by atoms with van der Waals surface area (Å²) in [5, 5.41) is 0. The number of nitrogens with one attached hydrogen (secondary N) is 1. The van der Waals surface area contributed by atoms with Crippen molar-refractivity contribution in [2.24, 2.45) is 0 Å². The van der Waals surface area contributed by atoms with Gasteiger partial charge < -0.3 is 4.74 Å². The van der Waals surface area contributed by atoms with E-state index in [1.807, 2.05) is 19.9 Å². The van der Waals surface area contributed by atoms with Crippen molar-refractivity contribution in [2.45, 2.75) is 13.8 Å². The molecule has 0 fully saturated rings. The number of benzene rings is 1. The van der Waals surface area contributed by atoms with Crippen LogP contribution in [0.5, 0.6) is 5.75 Å². The van der Waals surface area contributed by atoms with Gasteiger partial charge in [-0.3, -0.25) is 9.63 Å². The fraction of sp³-hybridized carbons (Fsp3) is 0.364. The van der Waals surface area contributed by atoms with Crippen molar-refractivity contribution in [1.82, 2.24) is 5.48 Å². The predicted molar refractivity (Wildman–Crippen MR) is 56.8 cm³/mol. The van der Waals surface area contributed by atoms with E-state index in [1.165, 1.54) is 7.11 Å². The van der Waals surface area contributed by atoms with Crippen molar-refractivity contribution < 1.29 is 14.4 Å². The number of hydrogen-bond acceptors (Lipinski definition) is 3. The molecule has 0 aromatic heterocycles. The molecule has 15 heavy (non-hydrogen) atoms. The van der Waals surface area contributed by atoms with Crippen LogP contribution in [0, 0.1) is 6.92 Å². The van der Waals surface area contributed by atoms with Gasteiger partial charge in [-0.2, -0.15) is 0 Å².